The summed E-state index contributed by atoms with van der Waals surface area (Å²) in [5, 5.41) is 10.2. The maximum absolute atomic E-state index is 13.1. The number of benzene rings is 2. The molecule has 0 radical (unpaired) electrons. The molecule has 0 saturated heterocycles. The second kappa shape index (κ2) is 12.4. The molecule has 12 heteroatoms. The number of nitrogens with one attached hydrogen (secondary N) is 1. The topological polar surface area (TPSA) is 140 Å². The summed E-state index contributed by atoms with van der Waals surface area (Å²) in [5.41, 5.74) is 0.717. The zero-order valence-electron chi connectivity index (χ0n) is 21.2. The van der Waals surface area contributed by atoms with Crippen LogP contribution in [0.15, 0.2) is 62.7 Å². The second-order valence-electron chi connectivity index (χ2n) is 8.43. The van der Waals surface area contributed by atoms with E-state index in [-0.39, 0.29) is 33.0 Å². The number of unbranched alkanes of at least 4 members (excludes halogenated alkanes) is 2. The molecule has 1 amide bonds. The Morgan fingerprint density at radius 3 is 1.95 bits per heavy atom. The SMILES string of the molecule is CCCCN(CCCC)S(=O)(=O)c1ccc(C(=O)Nc2nnc(-c3ccc(S(=O)(=O)CC)cc3)o2)cc1. The molecular formula is C25H32N4O6S2. The van der Waals surface area contributed by atoms with Gasteiger partial charge in [0.15, 0.2) is 9.84 Å². The van der Waals surface area contributed by atoms with E-state index in [0.717, 1.165) is 25.7 Å². The Kier molecular flexibility index (Phi) is 9.57. The maximum atomic E-state index is 13.1. The van der Waals surface area contributed by atoms with Gasteiger partial charge in [-0.15, -0.1) is 5.10 Å². The fourth-order valence-corrected chi connectivity index (χ4v) is 5.88. The van der Waals surface area contributed by atoms with Gasteiger partial charge in [-0.25, -0.2) is 16.8 Å². The fraction of sp³-hybridized carbons (Fsp3) is 0.400. The van der Waals surface area contributed by atoms with E-state index in [1.54, 1.807) is 19.1 Å². The molecule has 0 unspecified atom stereocenters. The van der Waals surface area contributed by atoms with E-state index in [1.165, 1.54) is 40.7 Å². The van der Waals surface area contributed by atoms with E-state index in [1.807, 2.05) is 13.8 Å². The van der Waals surface area contributed by atoms with E-state index >= 15 is 0 Å². The number of rotatable bonds is 13. The molecule has 0 saturated carbocycles. The lowest BCUT2D eigenvalue weighted by molar-refractivity contribution is 0.102. The quantitative estimate of drug-likeness (QED) is 0.332. The highest BCUT2D eigenvalue weighted by Crippen LogP contribution is 2.23. The number of carbonyl (C=O) groups excluding carboxylic acids is 1. The van der Waals surface area contributed by atoms with E-state index in [2.05, 4.69) is 15.5 Å². The number of nitrogens with zero attached hydrogens (tertiary/aromatic N) is 3. The fourth-order valence-electron chi connectivity index (χ4n) is 3.48. The van der Waals surface area contributed by atoms with Crippen LogP contribution in [0.25, 0.3) is 11.5 Å². The van der Waals surface area contributed by atoms with Crippen molar-refractivity contribution in [2.24, 2.45) is 0 Å². The van der Waals surface area contributed by atoms with Crippen LogP contribution in [0.2, 0.25) is 0 Å². The predicted octanol–water partition coefficient (Wildman–Crippen LogP) is 4.37. The van der Waals surface area contributed by atoms with Crippen molar-refractivity contribution in [3.05, 3.63) is 54.1 Å². The van der Waals surface area contributed by atoms with Gasteiger partial charge in [-0.05, 0) is 61.4 Å². The molecule has 0 aliphatic rings. The summed E-state index contributed by atoms with van der Waals surface area (Å²) < 4.78 is 57.1. The van der Waals surface area contributed by atoms with Crippen molar-refractivity contribution in [1.29, 1.82) is 0 Å². The van der Waals surface area contributed by atoms with Crippen molar-refractivity contribution in [2.45, 2.75) is 56.2 Å². The van der Waals surface area contributed by atoms with Crippen LogP contribution in [0.3, 0.4) is 0 Å². The molecule has 0 spiro atoms. The first-order chi connectivity index (χ1) is 17.6. The Morgan fingerprint density at radius 1 is 0.838 bits per heavy atom. The molecule has 3 rings (SSSR count). The molecule has 10 nitrogen and oxygen atoms in total. The Labute approximate surface area is 218 Å². The Morgan fingerprint density at radius 2 is 1.41 bits per heavy atom. The first-order valence-electron chi connectivity index (χ1n) is 12.2. The number of carbonyl (C=O) groups is 1. The summed E-state index contributed by atoms with van der Waals surface area (Å²) in [5.74, 6) is -0.444. The number of hydrogen-bond donors (Lipinski definition) is 1. The molecular weight excluding hydrogens is 516 g/mol. The molecule has 2 aromatic carbocycles. The highest BCUT2D eigenvalue weighted by molar-refractivity contribution is 7.91. The number of hydrogen-bond acceptors (Lipinski definition) is 8. The number of anilines is 1. The average molecular weight is 549 g/mol. The summed E-state index contributed by atoms with van der Waals surface area (Å²) >= 11 is 0. The third-order valence-corrected chi connectivity index (χ3v) is 9.43. The zero-order valence-corrected chi connectivity index (χ0v) is 22.8. The molecule has 0 atom stereocenters. The van der Waals surface area contributed by atoms with Crippen molar-refractivity contribution >= 4 is 31.8 Å². The molecule has 3 aromatic rings. The molecule has 1 heterocycles. The van der Waals surface area contributed by atoms with Gasteiger partial charge in [0.1, 0.15) is 0 Å². The first kappa shape index (κ1) is 28.5. The van der Waals surface area contributed by atoms with Gasteiger partial charge in [0.25, 0.3) is 5.91 Å². The molecule has 0 aliphatic heterocycles. The van der Waals surface area contributed by atoms with Crippen LogP contribution in [0, 0.1) is 0 Å². The predicted molar refractivity (Wildman–Crippen MR) is 140 cm³/mol. The number of sulfonamides is 1. The standard InChI is InChI=1S/C25H32N4O6S2/c1-4-7-17-29(18-8-5-2)37(33,34)22-15-9-19(10-16-22)23(30)26-25-28-27-24(35-25)20-11-13-21(14-12-20)36(31,32)6-3/h9-16H,4-8,17-18H2,1-3H3,(H,26,28,30). The minimum absolute atomic E-state index is 0.00797. The summed E-state index contributed by atoms with van der Waals surface area (Å²) in [4.78, 5) is 13.0. The van der Waals surface area contributed by atoms with Crippen molar-refractivity contribution in [2.75, 3.05) is 24.2 Å². The van der Waals surface area contributed by atoms with Crippen molar-refractivity contribution in [3.63, 3.8) is 0 Å². The van der Waals surface area contributed by atoms with E-state index in [9.17, 15) is 21.6 Å². The lowest BCUT2D eigenvalue weighted by Crippen LogP contribution is -2.33. The van der Waals surface area contributed by atoms with Crippen LogP contribution in [0.4, 0.5) is 6.01 Å². The summed E-state index contributed by atoms with van der Waals surface area (Å²) in [6, 6.07) is 11.6. The van der Waals surface area contributed by atoms with Crippen molar-refractivity contribution in [1.82, 2.24) is 14.5 Å². The summed E-state index contributed by atoms with van der Waals surface area (Å²) in [6.07, 6.45) is 3.33. The molecule has 0 fully saturated rings. The van der Waals surface area contributed by atoms with Crippen molar-refractivity contribution in [3.8, 4) is 11.5 Å². The van der Waals surface area contributed by atoms with Gasteiger partial charge in [-0.1, -0.05) is 38.7 Å². The van der Waals surface area contributed by atoms with Gasteiger partial charge in [-0.3, -0.25) is 10.1 Å². The molecule has 0 bridgehead atoms. The normalized spacial score (nSPS) is 12.1. The molecule has 0 aliphatic carbocycles. The number of aromatic nitrogens is 2. The number of amides is 1. The summed E-state index contributed by atoms with van der Waals surface area (Å²) in [6.45, 7) is 6.51. The first-order valence-corrected chi connectivity index (χ1v) is 15.3. The lowest BCUT2D eigenvalue weighted by atomic mass is 10.2. The molecule has 200 valence electrons. The minimum Gasteiger partial charge on any atom is -0.403 e. The highest BCUT2D eigenvalue weighted by Gasteiger charge is 2.24. The Bertz CT molecular complexity index is 1390. The van der Waals surface area contributed by atoms with Crippen LogP contribution < -0.4 is 5.32 Å². The van der Waals surface area contributed by atoms with Gasteiger partial charge in [0.05, 0.1) is 15.5 Å². The summed E-state index contributed by atoms with van der Waals surface area (Å²) in [7, 11) is -6.99. The smallest absolute Gasteiger partial charge is 0.322 e. The maximum Gasteiger partial charge on any atom is 0.322 e. The van der Waals surface area contributed by atoms with E-state index < -0.39 is 25.8 Å². The van der Waals surface area contributed by atoms with Crippen LogP contribution >= 0.6 is 0 Å². The van der Waals surface area contributed by atoms with Gasteiger partial charge < -0.3 is 4.42 Å². The lowest BCUT2D eigenvalue weighted by Gasteiger charge is -2.22. The largest absolute Gasteiger partial charge is 0.403 e. The third-order valence-electron chi connectivity index (χ3n) is 5.76. The minimum atomic E-state index is -3.67. The average Bonchev–Trinajstić information content (AvgIpc) is 3.37. The van der Waals surface area contributed by atoms with Crippen molar-refractivity contribution < 1.29 is 26.0 Å². The van der Waals surface area contributed by atoms with Crippen LogP contribution in [0.1, 0.15) is 56.8 Å². The third kappa shape index (κ3) is 7.02. The zero-order chi connectivity index (χ0) is 27.1. The van der Waals surface area contributed by atoms with Crippen LogP contribution in [0.5, 0.6) is 0 Å². The number of sulfone groups is 1. The highest BCUT2D eigenvalue weighted by atomic mass is 32.2. The second-order valence-corrected chi connectivity index (χ2v) is 12.6. The molecule has 1 N–H and O–H groups in total. The molecule has 37 heavy (non-hydrogen) atoms. The van der Waals surface area contributed by atoms with Gasteiger partial charge >= 0.3 is 6.01 Å². The monoisotopic (exact) mass is 548 g/mol. The van der Waals surface area contributed by atoms with E-state index in [0.29, 0.717) is 18.7 Å². The van der Waals surface area contributed by atoms with Crippen LogP contribution in [-0.4, -0.2) is 56.1 Å². The van der Waals surface area contributed by atoms with Crippen LogP contribution in [-0.2, 0) is 19.9 Å². The van der Waals surface area contributed by atoms with Gasteiger partial charge in [0, 0.05) is 24.2 Å². The Hall–Kier alpha value is -3.09. The molecule has 1 aromatic heterocycles. The van der Waals surface area contributed by atoms with E-state index in [4.69, 9.17) is 4.42 Å². The van der Waals surface area contributed by atoms with Gasteiger partial charge in [0.2, 0.25) is 15.9 Å². The Balaban J connectivity index is 1.70. The van der Waals surface area contributed by atoms with Gasteiger partial charge in [-0.2, -0.15) is 4.31 Å².